The van der Waals surface area contributed by atoms with Crippen LogP contribution in [-0.2, 0) is 0 Å². The molecular weight excluding hydrogens is 262 g/mol. The Morgan fingerprint density at radius 2 is 1.86 bits per heavy atom. The fraction of sp³-hybridized carbons (Fsp3) is 0.529. The summed E-state index contributed by atoms with van der Waals surface area (Å²) in [5.74, 6) is 0.756. The molecule has 4 heteroatoms. The van der Waals surface area contributed by atoms with Gasteiger partial charge in [-0.25, -0.2) is 0 Å². The molecule has 1 saturated carbocycles. The van der Waals surface area contributed by atoms with Gasteiger partial charge in [0.15, 0.2) is 5.82 Å². The van der Waals surface area contributed by atoms with Gasteiger partial charge in [0.1, 0.15) is 0 Å². The van der Waals surface area contributed by atoms with Gasteiger partial charge < -0.3 is 10.4 Å². The molecule has 112 valence electrons. The molecule has 1 aliphatic rings. The van der Waals surface area contributed by atoms with Gasteiger partial charge in [0.25, 0.3) is 0 Å². The van der Waals surface area contributed by atoms with E-state index in [2.05, 4.69) is 29.4 Å². The van der Waals surface area contributed by atoms with E-state index in [-0.39, 0.29) is 0 Å². The molecule has 3 rings (SSSR count). The molecule has 21 heavy (non-hydrogen) atoms. The highest BCUT2D eigenvalue weighted by molar-refractivity contribution is 5.90. The van der Waals surface area contributed by atoms with Crippen molar-refractivity contribution in [2.24, 2.45) is 5.41 Å². The number of rotatable bonds is 3. The van der Waals surface area contributed by atoms with E-state index in [9.17, 15) is 5.11 Å². The number of benzene rings is 1. The number of aliphatic hydroxyl groups is 1. The molecule has 0 unspecified atom stereocenters. The van der Waals surface area contributed by atoms with E-state index < -0.39 is 5.60 Å². The molecule has 0 aliphatic heterocycles. The lowest BCUT2D eigenvalue weighted by atomic mass is 9.71. The van der Waals surface area contributed by atoms with E-state index in [1.807, 2.05) is 24.3 Å². The van der Waals surface area contributed by atoms with Crippen LogP contribution in [0.4, 0.5) is 5.82 Å². The first-order valence-electron chi connectivity index (χ1n) is 7.64. The number of anilines is 1. The molecule has 1 aliphatic carbocycles. The van der Waals surface area contributed by atoms with Crippen molar-refractivity contribution < 1.29 is 5.11 Å². The van der Waals surface area contributed by atoms with E-state index in [1.165, 1.54) is 0 Å². The lowest BCUT2D eigenvalue weighted by molar-refractivity contribution is -0.0145. The van der Waals surface area contributed by atoms with E-state index in [0.29, 0.717) is 12.0 Å². The molecule has 1 fully saturated rings. The van der Waals surface area contributed by atoms with E-state index in [4.69, 9.17) is 0 Å². The molecule has 4 nitrogen and oxygen atoms in total. The monoisotopic (exact) mass is 285 g/mol. The molecular formula is C17H23N3O. The van der Waals surface area contributed by atoms with E-state index in [1.54, 1.807) is 6.20 Å². The van der Waals surface area contributed by atoms with Crippen molar-refractivity contribution in [3.63, 3.8) is 0 Å². The molecule has 2 N–H and O–H groups in total. The van der Waals surface area contributed by atoms with Gasteiger partial charge >= 0.3 is 0 Å². The number of nitrogens with one attached hydrogen (secondary N) is 1. The SMILES string of the molecule is CC1(C)CCC(O)(CNc2nncc3ccccc23)CC1. The number of fused-ring (bicyclic) bond motifs is 1. The van der Waals surface area contributed by atoms with Crippen LogP contribution in [0.1, 0.15) is 39.5 Å². The Morgan fingerprint density at radius 3 is 2.62 bits per heavy atom. The Balaban J connectivity index is 1.72. The number of hydrogen-bond acceptors (Lipinski definition) is 4. The van der Waals surface area contributed by atoms with Crippen LogP contribution in [0, 0.1) is 5.41 Å². The van der Waals surface area contributed by atoms with Gasteiger partial charge in [-0.05, 0) is 31.1 Å². The highest BCUT2D eigenvalue weighted by Gasteiger charge is 2.36. The van der Waals surface area contributed by atoms with Gasteiger partial charge in [0, 0.05) is 17.3 Å². The number of nitrogens with zero attached hydrogens (tertiary/aromatic N) is 2. The Labute approximate surface area is 125 Å². The van der Waals surface area contributed by atoms with Gasteiger partial charge in [-0.1, -0.05) is 38.1 Å². The summed E-state index contributed by atoms with van der Waals surface area (Å²) < 4.78 is 0. The zero-order chi connectivity index (χ0) is 14.9. The Morgan fingerprint density at radius 1 is 1.14 bits per heavy atom. The van der Waals surface area contributed by atoms with Crippen molar-refractivity contribution in [3.8, 4) is 0 Å². The van der Waals surface area contributed by atoms with Crippen LogP contribution < -0.4 is 5.32 Å². The molecule has 0 spiro atoms. The summed E-state index contributed by atoms with van der Waals surface area (Å²) in [7, 11) is 0. The first-order chi connectivity index (χ1) is 9.98. The van der Waals surface area contributed by atoms with Gasteiger partial charge in [0.2, 0.25) is 0 Å². The van der Waals surface area contributed by atoms with Crippen molar-refractivity contribution in [1.29, 1.82) is 0 Å². The summed E-state index contributed by atoms with van der Waals surface area (Å²) in [5, 5.41) is 24.3. The molecule has 1 aromatic carbocycles. The average molecular weight is 285 g/mol. The highest BCUT2D eigenvalue weighted by Crippen LogP contribution is 2.40. The van der Waals surface area contributed by atoms with Crippen LogP contribution in [-0.4, -0.2) is 27.4 Å². The smallest absolute Gasteiger partial charge is 0.156 e. The minimum atomic E-state index is -0.631. The van der Waals surface area contributed by atoms with Crippen LogP contribution in [0.15, 0.2) is 30.5 Å². The molecule has 0 radical (unpaired) electrons. The first-order valence-corrected chi connectivity index (χ1v) is 7.64. The van der Waals surface area contributed by atoms with Gasteiger partial charge in [0.05, 0.1) is 11.8 Å². The summed E-state index contributed by atoms with van der Waals surface area (Å²) in [5.41, 5.74) is -0.278. The lowest BCUT2D eigenvalue weighted by Crippen LogP contribution is -2.42. The predicted octanol–water partition coefficient (Wildman–Crippen LogP) is 3.37. The van der Waals surface area contributed by atoms with Crippen LogP contribution in [0.5, 0.6) is 0 Å². The fourth-order valence-corrected chi connectivity index (χ4v) is 2.98. The second-order valence-electron chi connectivity index (χ2n) is 7.02. The average Bonchev–Trinajstić information content (AvgIpc) is 2.49. The van der Waals surface area contributed by atoms with Crippen molar-refractivity contribution in [2.75, 3.05) is 11.9 Å². The minimum Gasteiger partial charge on any atom is -0.388 e. The quantitative estimate of drug-likeness (QED) is 0.907. The predicted molar refractivity (Wildman–Crippen MR) is 85.2 cm³/mol. The summed E-state index contributed by atoms with van der Waals surface area (Å²) in [6, 6.07) is 8.03. The maximum atomic E-state index is 10.7. The largest absolute Gasteiger partial charge is 0.388 e. The topological polar surface area (TPSA) is 58.0 Å². The maximum absolute atomic E-state index is 10.7. The van der Waals surface area contributed by atoms with Crippen molar-refractivity contribution in [2.45, 2.75) is 45.1 Å². The molecule has 1 aromatic heterocycles. The van der Waals surface area contributed by atoms with Crippen LogP contribution in [0.2, 0.25) is 0 Å². The third-order valence-corrected chi connectivity index (χ3v) is 4.69. The standard InChI is InChI=1S/C17H23N3O/c1-16(2)7-9-17(21,10-8-16)12-18-15-14-6-4-3-5-13(14)11-19-20-15/h3-6,11,21H,7-10,12H2,1-2H3,(H,18,20). The number of aromatic nitrogens is 2. The summed E-state index contributed by atoms with van der Waals surface area (Å²) in [6.07, 6.45) is 5.56. The fourth-order valence-electron chi connectivity index (χ4n) is 2.98. The van der Waals surface area contributed by atoms with Gasteiger partial charge in [-0.15, -0.1) is 5.10 Å². The maximum Gasteiger partial charge on any atom is 0.156 e. The van der Waals surface area contributed by atoms with Gasteiger partial charge in [-0.2, -0.15) is 5.10 Å². The zero-order valence-corrected chi connectivity index (χ0v) is 12.8. The van der Waals surface area contributed by atoms with Crippen molar-refractivity contribution >= 4 is 16.6 Å². The Kier molecular flexibility index (Phi) is 3.57. The van der Waals surface area contributed by atoms with E-state index in [0.717, 1.165) is 42.3 Å². The van der Waals surface area contributed by atoms with Crippen LogP contribution >= 0.6 is 0 Å². The normalized spacial score (nSPS) is 20.3. The van der Waals surface area contributed by atoms with E-state index >= 15 is 0 Å². The third-order valence-electron chi connectivity index (χ3n) is 4.69. The van der Waals surface area contributed by atoms with Crippen LogP contribution in [0.25, 0.3) is 10.8 Å². The molecule has 2 aromatic rings. The molecule has 0 atom stereocenters. The zero-order valence-electron chi connectivity index (χ0n) is 12.8. The minimum absolute atomic E-state index is 0.353. The Hall–Kier alpha value is -1.68. The molecule has 0 bridgehead atoms. The summed E-state index contributed by atoms with van der Waals surface area (Å²) in [6.45, 7) is 5.08. The second-order valence-corrected chi connectivity index (χ2v) is 7.02. The highest BCUT2D eigenvalue weighted by atomic mass is 16.3. The first kappa shape index (κ1) is 14.3. The molecule has 0 amide bonds. The molecule has 1 heterocycles. The van der Waals surface area contributed by atoms with Gasteiger partial charge in [-0.3, -0.25) is 0 Å². The Bertz CT molecular complexity index is 623. The summed E-state index contributed by atoms with van der Waals surface area (Å²) >= 11 is 0. The van der Waals surface area contributed by atoms with Crippen molar-refractivity contribution in [1.82, 2.24) is 10.2 Å². The van der Waals surface area contributed by atoms with Crippen LogP contribution in [0.3, 0.4) is 0 Å². The third kappa shape index (κ3) is 3.16. The second kappa shape index (κ2) is 5.26. The number of hydrogen-bond donors (Lipinski definition) is 2. The summed E-state index contributed by atoms with van der Waals surface area (Å²) in [4.78, 5) is 0. The lowest BCUT2D eigenvalue weighted by Gasteiger charge is -2.40. The van der Waals surface area contributed by atoms with Crippen molar-refractivity contribution in [3.05, 3.63) is 30.5 Å². The molecule has 0 saturated heterocycles.